The largest absolute Gasteiger partial charge is 0.352 e. The van der Waals surface area contributed by atoms with Gasteiger partial charge in [-0.3, -0.25) is 13.9 Å². The highest BCUT2D eigenvalue weighted by Gasteiger charge is 2.28. The lowest BCUT2D eigenvalue weighted by atomic mass is 9.97. The topological polar surface area (TPSA) is 80.4 Å². The van der Waals surface area contributed by atoms with Gasteiger partial charge in [0.25, 0.3) is 0 Å². The molecule has 148 valence electrons. The van der Waals surface area contributed by atoms with Crippen LogP contribution < -0.4 is 10.2 Å². The molecule has 1 amide bonds. The smallest absolute Gasteiger partial charge is 0.231 e. The van der Waals surface area contributed by atoms with Gasteiger partial charge in [-0.2, -0.15) is 5.10 Å². The summed E-state index contributed by atoms with van der Waals surface area (Å²) in [6.07, 6.45) is 6.91. The van der Waals surface area contributed by atoms with Crippen LogP contribution in [0.3, 0.4) is 0 Å². The van der Waals surface area contributed by atoms with Gasteiger partial charge in [-0.15, -0.1) is 10.2 Å². The molecule has 8 heteroatoms. The van der Waals surface area contributed by atoms with E-state index in [1.165, 1.54) is 0 Å². The Labute approximate surface area is 164 Å². The molecule has 1 atom stereocenters. The number of nitrogens with zero attached hydrogens (tertiary/aromatic N) is 6. The van der Waals surface area contributed by atoms with Crippen LogP contribution >= 0.6 is 0 Å². The number of carbonyl (C=O) groups is 1. The average molecular weight is 381 g/mol. The molecule has 28 heavy (non-hydrogen) atoms. The summed E-state index contributed by atoms with van der Waals surface area (Å²) >= 11 is 0. The van der Waals surface area contributed by atoms with Gasteiger partial charge in [-0.1, -0.05) is 13.0 Å². The third kappa shape index (κ3) is 3.72. The maximum Gasteiger partial charge on any atom is 0.231 e. The maximum absolute atomic E-state index is 12.8. The molecule has 1 aliphatic heterocycles. The second-order valence-corrected chi connectivity index (χ2v) is 7.43. The number of anilines is 1. The number of hydrogen-bond donors (Lipinski definition) is 1. The van der Waals surface area contributed by atoms with E-state index >= 15 is 0 Å². The molecule has 8 nitrogen and oxygen atoms in total. The molecular formula is C20H27N7O. The van der Waals surface area contributed by atoms with E-state index in [0.29, 0.717) is 13.1 Å². The summed E-state index contributed by atoms with van der Waals surface area (Å²) in [4.78, 5) is 15.0. The fourth-order valence-electron chi connectivity index (χ4n) is 3.82. The normalized spacial score (nSPS) is 17.2. The molecule has 1 saturated heterocycles. The molecule has 0 bridgehead atoms. The minimum Gasteiger partial charge on any atom is -0.352 e. The number of nitrogens with one attached hydrogen (secondary N) is 1. The van der Waals surface area contributed by atoms with Gasteiger partial charge in [0.15, 0.2) is 5.65 Å². The zero-order chi connectivity index (χ0) is 19.5. The number of aryl methyl sites for hydroxylation is 2. The Hall–Kier alpha value is -2.90. The number of carbonyl (C=O) groups excluding carboxylic acids is 1. The number of piperidine rings is 1. The van der Waals surface area contributed by atoms with Crippen molar-refractivity contribution in [3.8, 4) is 0 Å². The van der Waals surface area contributed by atoms with Crippen LogP contribution in [0.15, 0.2) is 30.6 Å². The first-order chi connectivity index (χ1) is 13.7. The lowest BCUT2D eigenvalue weighted by Crippen LogP contribution is -2.43. The molecule has 4 heterocycles. The number of rotatable bonds is 6. The zero-order valence-electron chi connectivity index (χ0n) is 16.5. The van der Waals surface area contributed by atoms with E-state index in [0.717, 1.165) is 55.2 Å². The summed E-state index contributed by atoms with van der Waals surface area (Å²) in [5, 5.41) is 16.2. The predicted octanol–water partition coefficient (Wildman–Crippen LogP) is 2.18. The molecule has 1 aliphatic rings. The van der Waals surface area contributed by atoms with Crippen molar-refractivity contribution < 1.29 is 4.79 Å². The van der Waals surface area contributed by atoms with Crippen LogP contribution in [0.25, 0.3) is 5.65 Å². The van der Waals surface area contributed by atoms with Crippen LogP contribution in [0.1, 0.15) is 37.4 Å². The summed E-state index contributed by atoms with van der Waals surface area (Å²) in [5.41, 5.74) is 2.88. The monoisotopic (exact) mass is 381 g/mol. The van der Waals surface area contributed by atoms with E-state index in [9.17, 15) is 4.79 Å². The molecular weight excluding hydrogens is 354 g/mol. The maximum atomic E-state index is 12.8. The van der Waals surface area contributed by atoms with Crippen molar-refractivity contribution in [3.05, 3.63) is 41.9 Å². The van der Waals surface area contributed by atoms with Crippen LogP contribution in [-0.2, 0) is 17.9 Å². The van der Waals surface area contributed by atoms with Crippen LogP contribution in [-0.4, -0.2) is 43.4 Å². The summed E-state index contributed by atoms with van der Waals surface area (Å²) in [6, 6.07) is 5.85. The molecule has 0 saturated carbocycles. The Morgan fingerprint density at radius 3 is 3.07 bits per heavy atom. The Bertz CT molecular complexity index is 961. The van der Waals surface area contributed by atoms with Gasteiger partial charge in [0, 0.05) is 44.1 Å². The molecule has 0 spiro atoms. The van der Waals surface area contributed by atoms with E-state index in [1.54, 1.807) is 0 Å². The van der Waals surface area contributed by atoms with E-state index in [4.69, 9.17) is 0 Å². The first-order valence-electron chi connectivity index (χ1n) is 10.0. The standard InChI is InChI=1S/C20H27N7O/c1-3-9-26-14-17(15(2)24-26)12-21-19(28)16-7-6-10-25(13-16)20-23-22-18-8-4-5-11-27(18)20/h4-5,8,11,14,16H,3,6-7,9-10,12-13H2,1-2H3,(H,21,28)/t16-/m1/s1. The fourth-order valence-corrected chi connectivity index (χ4v) is 3.82. The number of amides is 1. The second kappa shape index (κ2) is 8.00. The molecule has 0 unspecified atom stereocenters. The van der Waals surface area contributed by atoms with Gasteiger partial charge in [0.1, 0.15) is 0 Å². The number of aromatic nitrogens is 5. The van der Waals surface area contributed by atoms with Crippen LogP contribution in [0, 0.1) is 12.8 Å². The molecule has 0 aromatic carbocycles. The van der Waals surface area contributed by atoms with Crippen molar-refractivity contribution in [3.63, 3.8) is 0 Å². The Morgan fingerprint density at radius 2 is 2.21 bits per heavy atom. The van der Waals surface area contributed by atoms with Crippen LogP contribution in [0.2, 0.25) is 0 Å². The van der Waals surface area contributed by atoms with Crippen molar-refractivity contribution in [1.82, 2.24) is 29.7 Å². The fraction of sp³-hybridized carbons (Fsp3) is 0.500. The van der Waals surface area contributed by atoms with Gasteiger partial charge in [0.2, 0.25) is 11.9 Å². The molecule has 4 rings (SSSR count). The molecule has 0 radical (unpaired) electrons. The Balaban J connectivity index is 1.39. The van der Waals surface area contributed by atoms with Crippen LogP contribution in [0.5, 0.6) is 0 Å². The quantitative estimate of drug-likeness (QED) is 0.708. The zero-order valence-corrected chi connectivity index (χ0v) is 16.5. The summed E-state index contributed by atoms with van der Waals surface area (Å²) in [7, 11) is 0. The summed E-state index contributed by atoms with van der Waals surface area (Å²) in [6.45, 7) is 7.10. The SMILES string of the molecule is CCCn1cc(CNC(=O)[C@@H]2CCCN(c3nnc4ccccn34)C2)c(C)n1. The van der Waals surface area contributed by atoms with Crippen molar-refractivity contribution in [2.45, 2.75) is 46.2 Å². The Kier molecular flexibility index (Phi) is 5.27. The van der Waals surface area contributed by atoms with Gasteiger partial charge in [0.05, 0.1) is 11.6 Å². The van der Waals surface area contributed by atoms with E-state index in [1.807, 2.05) is 46.6 Å². The average Bonchev–Trinajstić information content (AvgIpc) is 3.30. The Morgan fingerprint density at radius 1 is 1.32 bits per heavy atom. The number of fused-ring (bicyclic) bond motifs is 1. The molecule has 3 aromatic heterocycles. The van der Waals surface area contributed by atoms with Crippen molar-refractivity contribution >= 4 is 17.5 Å². The van der Waals surface area contributed by atoms with Crippen molar-refractivity contribution in [2.75, 3.05) is 18.0 Å². The van der Waals surface area contributed by atoms with Gasteiger partial charge in [-0.25, -0.2) is 0 Å². The van der Waals surface area contributed by atoms with Crippen LogP contribution in [0.4, 0.5) is 5.95 Å². The molecule has 0 aliphatic carbocycles. The van der Waals surface area contributed by atoms with Gasteiger partial charge in [-0.05, 0) is 38.3 Å². The van der Waals surface area contributed by atoms with Gasteiger partial charge >= 0.3 is 0 Å². The predicted molar refractivity (Wildman–Crippen MR) is 107 cm³/mol. The van der Waals surface area contributed by atoms with Crippen molar-refractivity contribution in [1.29, 1.82) is 0 Å². The first kappa shape index (κ1) is 18.5. The highest BCUT2D eigenvalue weighted by atomic mass is 16.1. The third-order valence-corrected chi connectivity index (χ3v) is 5.32. The number of pyridine rings is 1. The van der Waals surface area contributed by atoms with E-state index in [2.05, 4.69) is 32.4 Å². The minimum atomic E-state index is -0.0456. The lowest BCUT2D eigenvalue weighted by molar-refractivity contribution is -0.125. The number of hydrogen-bond acceptors (Lipinski definition) is 5. The first-order valence-corrected chi connectivity index (χ1v) is 10.0. The summed E-state index contributed by atoms with van der Waals surface area (Å²) < 4.78 is 3.93. The minimum absolute atomic E-state index is 0.0456. The lowest BCUT2D eigenvalue weighted by Gasteiger charge is -2.31. The van der Waals surface area contributed by atoms with Gasteiger partial charge < -0.3 is 10.2 Å². The van der Waals surface area contributed by atoms with Crippen molar-refractivity contribution in [2.24, 2.45) is 5.92 Å². The molecule has 1 fully saturated rings. The second-order valence-electron chi connectivity index (χ2n) is 7.43. The van der Waals surface area contributed by atoms with E-state index in [-0.39, 0.29) is 11.8 Å². The molecule has 1 N–H and O–H groups in total. The molecule has 3 aromatic rings. The third-order valence-electron chi connectivity index (χ3n) is 5.32. The summed E-state index contributed by atoms with van der Waals surface area (Å²) in [5.74, 6) is 0.863. The highest BCUT2D eigenvalue weighted by molar-refractivity contribution is 5.79. The highest BCUT2D eigenvalue weighted by Crippen LogP contribution is 2.22. The van der Waals surface area contributed by atoms with E-state index < -0.39 is 0 Å².